The molecule has 4 heteroatoms. The summed E-state index contributed by atoms with van der Waals surface area (Å²) >= 11 is 3.48. The lowest BCUT2D eigenvalue weighted by molar-refractivity contribution is 0.390. The molecule has 2 aromatic heterocycles. The topological polar surface area (TPSA) is 30.7 Å². The molecule has 3 nitrogen and oxygen atoms in total. The highest BCUT2D eigenvalue weighted by molar-refractivity contribution is 9.10. The van der Waals surface area contributed by atoms with Crippen molar-refractivity contribution in [3.8, 4) is 0 Å². The third-order valence-electron chi connectivity index (χ3n) is 3.46. The Kier molecular flexibility index (Phi) is 3.16. The van der Waals surface area contributed by atoms with Gasteiger partial charge in [-0.3, -0.25) is 0 Å². The SMILES string of the molecule is CC(C)(C)Cc1nc2cc(Br)cnc2n1CC1CC1. The van der Waals surface area contributed by atoms with E-state index < -0.39 is 0 Å². The minimum absolute atomic E-state index is 0.250. The van der Waals surface area contributed by atoms with Crippen molar-refractivity contribution in [3.63, 3.8) is 0 Å². The van der Waals surface area contributed by atoms with E-state index in [2.05, 4.69) is 52.3 Å². The fourth-order valence-electron chi connectivity index (χ4n) is 2.39. The molecule has 1 aliphatic carbocycles. The number of rotatable bonds is 3. The Morgan fingerprint density at radius 2 is 2.11 bits per heavy atom. The Morgan fingerprint density at radius 1 is 1.37 bits per heavy atom. The highest BCUT2D eigenvalue weighted by atomic mass is 79.9. The smallest absolute Gasteiger partial charge is 0.160 e. The molecular weight excluding hydrogens is 302 g/mol. The Hall–Kier alpha value is -0.900. The van der Waals surface area contributed by atoms with Crippen LogP contribution in [0.4, 0.5) is 0 Å². The number of hydrogen-bond acceptors (Lipinski definition) is 2. The number of halogens is 1. The third kappa shape index (κ3) is 2.99. The van der Waals surface area contributed by atoms with Crippen LogP contribution in [0.15, 0.2) is 16.7 Å². The molecule has 19 heavy (non-hydrogen) atoms. The fraction of sp³-hybridized carbons (Fsp3) is 0.600. The van der Waals surface area contributed by atoms with Crippen LogP contribution < -0.4 is 0 Å². The molecule has 1 fully saturated rings. The van der Waals surface area contributed by atoms with Gasteiger partial charge < -0.3 is 4.57 Å². The molecule has 0 amide bonds. The Morgan fingerprint density at radius 3 is 2.74 bits per heavy atom. The number of imidazole rings is 1. The summed E-state index contributed by atoms with van der Waals surface area (Å²) in [6.45, 7) is 7.86. The molecule has 0 aromatic carbocycles. The predicted molar refractivity (Wildman–Crippen MR) is 81.1 cm³/mol. The molecule has 0 N–H and O–H groups in total. The molecule has 2 heterocycles. The van der Waals surface area contributed by atoms with E-state index in [-0.39, 0.29) is 5.41 Å². The first-order valence-corrected chi connectivity index (χ1v) is 7.72. The largest absolute Gasteiger partial charge is 0.312 e. The maximum absolute atomic E-state index is 4.81. The van der Waals surface area contributed by atoms with Crippen molar-refractivity contribution in [2.75, 3.05) is 0 Å². The molecule has 0 spiro atoms. The van der Waals surface area contributed by atoms with Gasteiger partial charge in [-0.15, -0.1) is 0 Å². The molecule has 2 aromatic rings. The lowest BCUT2D eigenvalue weighted by Crippen LogP contribution is -2.15. The van der Waals surface area contributed by atoms with Crippen LogP contribution in [0.2, 0.25) is 0 Å². The van der Waals surface area contributed by atoms with Crippen molar-refractivity contribution in [1.82, 2.24) is 14.5 Å². The first-order chi connectivity index (χ1) is 8.92. The van der Waals surface area contributed by atoms with E-state index in [0.29, 0.717) is 0 Å². The summed E-state index contributed by atoms with van der Waals surface area (Å²) < 4.78 is 3.34. The quantitative estimate of drug-likeness (QED) is 0.848. The second-order valence-corrected chi connectivity index (χ2v) is 7.73. The van der Waals surface area contributed by atoms with Gasteiger partial charge in [-0.2, -0.15) is 0 Å². The number of nitrogens with zero attached hydrogens (tertiary/aromatic N) is 3. The van der Waals surface area contributed by atoms with Gasteiger partial charge in [-0.05, 0) is 46.2 Å². The zero-order chi connectivity index (χ0) is 13.6. The number of hydrogen-bond donors (Lipinski definition) is 0. The average Bonchev–Trinajstić information content (AvgIpc) is 3.02. The van der Waals surface area contributed by atoms with Gasteiger partial charge in [-0.1, -0.05) is 20.8 Å². The van der Waals surface area contributed by atoms with Crippen LogP contribution in [0, 0.1) is 11.3 Å². The van der Waals surface area contributed by atoms with Gasteiger partial charge in [0.1, 0.15) is 11.3 Å². The van der Waals surface area contributed by atoms with E-state index in [4.69, 9.17) is 4.98 Å². The minimum Gasteiger partial charge on any atom is -0.312 e. The molecular formula is C15H20BrN3. The van der Waals surface area contributed by atoms with Crippen molar-refractivity contribution < 1.29 is 0 Å². The maximum Gasteiger partial charge on any atom is 0.160 e. The third-order valence-corrected chi connectivity index (χ3v) is 3.89. The summed E-state index contributed by atoms with van der Waals surface area (Å²) in [5.74, 6) is 2.02. The van der Waals surface area contributed by atoms with Gasteiger partial charge in [0.05, 0.1) is 0 Å². The van der Waals surface area contributed by atoms with Crippen LogP contribution in [-0.4, -0.2) is 14.5 Å². The van der Waals surface area contributed by atoms with E-state index in [0.717, 1.165) is 34.5 Å². The van der Waals surface area contributed by atoms with Crippen LogP contribution in [0.1, 0.15) is 39.4 Å². The highest BCUT2D eigenvalue weighted by Crippen LogP contribution is 2.33. The molecule has 0 atom stereocenters. The van der Waals surface area contributed by atoms with Crippen LogP contribution in [0.5, 0.6) is 0 Å². The zero-order valence-corrected chi connectivity index (χ0v) is 13.4. The monoisotopic (exact) mass is 321 g/mol. The fourth-order valence-corrected chi connectivity index (χ4v) is 2.71. The summed E-state index contributed by atoms with van der Waals surface area (Å²) in [6.07, 6.45) is 5.57. The normalized spacial score (nSPS) is 16.2. The van der Waals surface area contributed by atoms with Crippen LogP contribution in [0.25, 0.3) is 11.2 Å². The van der Waals surface area contributed by atoms with Gasteiger partial charge >= 0.3 is 0 Å². The zero-order valence-electron chi connectivity index (χ0n) is 11.8. The second kappa shape index (κ2) is 4.58. The summed E-state index contributed by atoms with van der Waals surface area (Å²) in [7, 11) is 0. The average molecular weight is 322 g/mol. The number of aromatic nitrogens is 3. The lowest BCUT2D eigenvalue weighted by Gasteiger charge is -2.18. The van der Waals surface area contributed by atoms with E-state index in [1.165, 1.54) is 18.7 Å². The lowest BCUT2D eigenvalue weighted by atomic mass is 9.92. The molecule has 0 aliphatic heterocycles. The van der Waals surface area contributed by atoms with Crippen LogP contribution in [0.3, 0.4) is 0 Å². The van der Waals surface area contributed by atoms with E-state index in [1.54, 1.807) is 0 Å². The van der Waals surface area contributed by atoms with Crippen LogP contribution in [-0.2, 0) is 13.0 Å². The molecule has 1 saturated carbocycles. The van der Waals surface area contributed by atoms with Gasteiger partial charge in [0.15, 0.2) is 5.65 Å². The van der Waals surface area contributed by atoms with Gasteiger partial charge in [-0.25, -0.2) is 9.97 Å². The van der Waals surface area contributed by atoms with Gasteiger partial charge in [0.25, 0.3) is 0 Å². The molecule has 0 unspecified atom stereocenters. The first kappa shape index (κ1) is 13.1. The van der Waals surface area contributed by atoms with E-state index >= 15 is 0 Å². The number of fused-ring (bicyclic) bond motifs is 1. The Balaban J connectivity index is 2.06. The highest BCUT2D eigenvalue weighted by Gasteiger charge is 2.26. The van der Waals surface area contributed by atoms with E-state index in [9.17, 15) is 0 Å². The molecule has 3 rings (SSSR count). The van der Waals surface area contributed by atoms with E-state index in [1.807, 2.05) is 6.20 Å². The van der Waals surface area contributed by atoms with Crippen molar-refractivity contribution in [2.24, 2.45) is 11.3 Å². The van der Waals surface area contributed by atoms with Crippen molar-refractivity contribution in [1.29, 1.82) is 0 Å². The molecule has 102 valence electrons. The minimum atomic E-state index is 0.250. The summed E-state index contributed by atoms with van der Waals surface area (Å²) in [5, 5.41) is 0. The maximum atomic E-state index is 4.81. The van der Waals surface area contributed by atoms with Crippen molar-refractivity contribution >= 4 is 27.1 Å². The Labute approximate surface area is 122 Å². The van der Waals surface area contributed by atoms with Gasteiger partial charge in [0, 0.05) is 23.6 Å². The number of pyridine rings is 1. The summed E-state index contributed by atoms with van der Waals surface area (Å²) in [4.78, 5) is 9.38. The molecule has 1 aliphatic rings. The summed E-state index contributed by atoms with van der Waals surface area (Å²) in [6, 6.07) is 2.07. The van der Waals surface area contributed by atoms with Crippen LogP contribution >= 0.6 is 15.9 Å². The standard InChI is InChI=1S/C15H20BrN3/c1-15(2,3)7-13-18-12-6-11(16)8-17-14(12)19(13)9-10-4-5-10/h6,8,10H,4-5,7,9H2,1-3H3. The molecule has 0 saturated heterocycles. The first-order valence-electron chi connectivity index (χ1n) is 6.93. The second-order valence-electron chi connectivity index (χ2n) is 6.82. The summed E-state index contributed by atoms with van der Waals surface area (Å²) in [5.41, 5.74) is 2.29. The predicted octanol–water partition coefficient (Wildman–Crippen LogP) is 4.19. The Bertz CT molecular complexity index is 606. The molecule has 0 bridgehead atoms. The van der Waals surface area contributed by atoms with Gasteiger partial charge in [0.2, 0.25) is 0 Å². The van der Waals surface area contributed by atoms with Crippen molar-refractivity contribution in [3.05, 3.63) is 22.6 Å². The van der Waals surface area contributed by atoms with Crippen molar-refractivity contribution in [2.45, 2.75) is 46.6 Å². The molecule has 0 radical (unpaired) electrons.